The molecular formula is C12H16ClN3O2. The molecule has 0 saturated carbocycles. The summed E-state index contributed by atoms with van der Waals surface area (Å²) in [6.45, 7) is 4.09. The number of pyridine rings is 1. The average Bonchev–Trinajstić information content (AvgIpc) is 2.39. The minimum Gasteiger partial charge on any atom is -0.377 e. The van der Waals surface area contributed by atoms with E-state index in [-0.39, 0.29) is 11.9 Å². The number of ether oxygens (including phenoxy) is 1. The molecule has 1 unspecified atom stereocenters. The van der Waals surface area contributed by atoms with Gasteiger partial charge in [-0.25, -0.2) is 4.98 Å². The molecule has 1 aromatic rings. The number of likely N-dealkylation sites (N-methyl/N-ethyl adjacent to an activating group) is 1. The second-order valence-electron chi connectivity index (χ2n) is 4.00. The van der Waals surface area contributed by atoms with Crippen LogP contribution < -0.4 is 10.2 Å². The molecule has 1 amide bonds. The van der Waals surface area contributed by atoms with Gasteiger partial charge in [0.15, 0.2) is 0 Å². The second kappa shape index (κ2) is 6.02. The zero-order chi connectivity index (χ0) is 13.0. The van der Waals surface area contributed by atoms with Gasteiger partial charge in [-0.1, -0.05) is 17.7 Å². The number of anilines is 1. The Bertz CT molecular complexity index is 428. The largest absolute Gasteiger partial charge is 0.377 e. The lowest BCUT2D eigenvalue weighted by molar-refractivity contribution is -0.124. The lowest BCUT2D eigenvalue weighted by atomic mass is 10.2. The zero-order valence-corrected chi connectivity index (χ0v) is 11.0. The molecule has 1 aliphatic rings. The van der Waals surface area contributed by atoms with Crippen molar-refractivity contribution in [3.8, 4) is 0 Å². The van der Waals surface area contributed by atoms with E-state index in [1.54, 1.807) is 6.07 Å². The van der Waals surface area contributed by atoms with Crippen molar-refractivity contribution < 1.29 is 9.53 Å². The van der Waals surface area contributed by atoms with Crippen LogP contribution in [-0.4, -0.2) is 43.2 Å². The van der Waals surface area contributed by atoms with Gasteiger partial charge >= 0.3 is 0 Å². The Morgan fingerprint density at radius 2 is 2.50 bits per heavy atom. The van der Waals surface area contributed by atoms with Gasteiger partial charge in [-0.05, 0) is 19.1 Å². The summed E-state index contributed by atoms with van der Waals surface area (Å²) >= 11 is 5.88. The second-order valence-corrected chi connectivity index (χ2v) is 4.38. The molecule has 0 spiro atoms. The van der Waals surface area contributed by atoms with Gasteiger partial charge < -0.3 is 15.0 Å². The van der Waals surface area contributed by atoms with Crippen molar-refractivity contribution in [1.29, 1.82) is 0 Å². The zero-order valence-electron chi connectivity index (χ0n) is 10.2. The Labute approximate surface area is 111 Å². The van der Waals surface area contributed by atoms with Crippen LogP contribution in [0.4, 0.5) is 5.82 Å². The number of hydrogen-bond acceptors (Lipinski definition) is 4. The normalized spacial score (nSPS) is 19.7. The fourth-order valence-corrected chi connectivity index (χ4v) is 2.10. The van der Waals surface area contributed by atoms with E-state index in [0.29, 0.717) is 37.3 Å². The molecule has 18 heavy (non-hydrogen) atoms. The summed E-state index contributed by atoms with van der Waals surface area (Å²) in [6.07, 6.45) is 0. The lowest BCUT2D eigenvalue weighted by Crippen LogP contribution is -2.54. The van der Waals surface area contributed by atoms with E-state index in [2.05, 4.69) is 10.3 Å². The molecule has 6 heteroatoms. The number of amides is 1. The third-order valence-corrected chi connectivity index (χ3v) is 2.99. The van der Waals surface area contributed by atoms with Crippen LogP contribution in [0.15, 0.2) is 18.2 Å². The van der Waals surface area contributed by atoms with Crippen LogP contribution in [0.3, 0.4) is 0 Å². The summed E-state index contributed by atoms with van der Waals surface area (Å²) in [5.41, 5.74) is 0. The van der Waals surface area contributed by atoms with Crippen molar-refractivity contribution in [1.82, 2.24) is 10.3 Å². The number of aromatic nitrogens is 1. The number of nitrogens with zero attached hydrogens (tertiary/aromatic N) is 2. The van der Waals surface area contributed by atoms with Gasteiger partial charge in [0.05, 0.1) is 13.2 Å². The van der Waals surface area contributed by atoms with Crippen LogP contribution in [0, 0.1) is 0 Å². The minimum atomic E-state index is -0.343. The molecule has 1 aromatic heterocycles. The summed E-state index contributed by atoms with van der Waals surface area (Å²) in [6, 6.07) is 5.05. The maximum absolute atomic E-state index is 12.0. The molecule has 1 aliphatic heterocycles. The van der Waals surface area contributed by atoms with Gasteiger partial charge in [-0.3, -0.25) is 4.79 Å². The summed E-state index contributed by atoms with van der Waals surface area (Å²) < 4.78 is 5.37. The number of morpholine rings is 1. The average molecular weight is 270 g/mol. The summed E-state index contributed by atoms with van der Waals surface area (Å²) in [5, 5.41) is 3.23. The lowest BCUT2D eigenvalue weighted by Gasteiger charge is -2.35. The van der Waals surface area contributed by atoms with E-state index in [1.807, 2.05) is 24.0 Å². The number of rotatable bonds is 3. The molecule has 0 radical (unpaired) electrons. The molecule has 0 bridgehead atoms. The molecule has 5 nitrogen and oxygen atoms in total. The van der Waals surface area contributed by atoms with Gasteiger partial charge in [-0.15, -0.1) is 0 Å². The SMILES string of the molecule is CCNC(=O)C1COCCN1c1cccc(Cl)n1. The van der Waals surface area contributed by atoms with Crippen molar-refractivity contribution in [3.05, 3.63) is 23.4 Å². The predicted octanol–water partition coefficient (Wildman–Crippen LogP) is 1.08. The summed E-state index contributed by atoms with van der Waals surface area (Å²) in [5.74, 6) is 0.668. The standard InChI is InChI=1S/C12H16ClN3O2/c1-2-14-12(17)9-8-18-7-6-16(9)11-5-3-4-10(13)15-11/h3-5,9H,2,6-8H2,1H3,(H,14,17). The van der Waals surface area contributed by atoms with Gasteiger partial charge in [-0.2, -0.15) is 0 Å². The number of carbonyl (C=O) groups is 1. The molecule has 2 rings (SSSR count). The van der Waals surface area contributed by atoms with Gasteiger partial charge in [0.25, 0.3) is 0 Å². The molecular weight excluding hydrogens is 254 g/mol. The van der Waals surface area contributed by atoms with Crippen LogP contribution in [0.1, 0.15) is 6.92 Å². The third kappa shape index (κ3) is 2.91. The van der Waals surface area contributed by atoms with Gasteiger partial charge in [0.2, 0.25) is 5.91 Å². The van der Waals surface area contributed by atoms with Crippen molar-refractivity contribution in [2.45, 2.75) is 13.0 Å². The van der Waals surface area contributed by atoms with E-state index >= 15 is 0 Å². The third-order valence-electron chi connectivity index (χ3n) is 2.78. The Kier molecular flexibility index (Phi) is 4.38. The smallest absolute Gasteiger partial charge is 0.245 e. The van der Waals surface area contributed by atoms with E-state index in [9.17, 15) is 4.79 Å². The molecule has 0 aromatic carbocycles. The van der Waals surface area contributed by atoms with E-state index in [1.165, 1.54) is 0 Å². The predicted molar refractivity (Wildman–Crippen MR) is 69.9 cm³/mol. The number of carbonyl (C=O) groups excluding carboxylic acids is 1. The molecule has 98 valence electrons. The summed E-state index contributed by atoms with van der Waals surface area (Å²) in [7, 11) is 0. The highest BCUT2D eigenvalue weighted by molar-refractivity contribution is 6.29. The number of hydrogen-bond donors (Lipinski definition) is 1. The topological polar surface area (TPSA) is 54.5 Å². The highest BCUT2D eigenvalue weighted by atomic mass is 35.5. The van der Waals surface area contributed by atoms with Gasteiger partial charge in [0.1, 0.15) is 17.0 Å². The molecule has 1 saturated heterocycles. The highest BCUT2D eigenvalue weighted by Gasteiger charge is 2.30. The van der Waals surface area contributed by atoms with E-state index in [4.69, 9.17) is 16.3 Å². The fraction of sp³-hybridized carbons (Fsp3) is 0.500. The number of halogens is 1. The first-order chi connectivity index (χ1) is 8.72. The fourth-order valence-electron chi connectivity index (χ4n) is 1.94. The highest BCUT2D eigenvalue weighted by Crippen LogP contribution is 2.19. The monoisotopic (exact) mass is 269 g/mol. The first-order valence-electron chi connectivity index (χ1n) is 5.97. The van der Waals surface area contributed by atoms with Crippen LogP contribution >= 0.6 is 11.6 Å². The van der Waals surface area contributed by atoms with Crippen LogP contribution in [0.25, 0.3) is 0 Å². The van der Waals surface area contributed by atoms with Crippen molar-refractivity contribution in [2.75, 3.05) is 31.2 Å². The van der Waals surface area contributed by atoms with E-state index in [0.717, 1.165) is 0 Å². The molecule has 0 aliphatic carbocycles. The van der Waals surface area contributed by atoms with Crippen molar-refractivity contribution in [3.63, 3.8) is 0 Å². The first-order valence-corrected chi connectivity index (χ1v) is 6.35. The molecule has 2 heterocycles. The van der Waals surface area contributed by atoms with Crippen LogP contribution in [-0.2, 0) is 9.53 Å². The quantitative estimate of drug-likeness (QED) is 0.835. The Hall–Kier alpha value is -1.33. The Balaban J connectivity index is 2.20. The number of nitrogens with one attached hydrogen (secondary N) is 1. The first kappa shape index (κ1) is 13.1. The van der Waals surface area contributed by atoms with Crippen LogP contribution in [0.5, 0.6) is 0 Å². The Morgan fingerprint density at radius 3 is 3.22 bits per heavy atom. The van der Waals surface area contributed by atoms with Crippen molar-refractivity contribution in [2.24, 2.45) is 0 Å². The minimum absolute atomic E-state index is 0.0426. The molecule has 1 N–H and O–H groups in total. The maximum atomic E-state index is 12.0. The maximum Gasteiger partial charge on any atom is 0.245 e. The van der Waals surface area contributed by atoms with E-state index < -0.39 is 0 Å². The Morgan fingerprint density at radius 1 is 1.67 bits per heavy atom. The molecule has 1 atom stereocenters. The summed E-state index contributed by atoms with van der Waals surface area (Å²) in [4.78, 5) is 18.1. The molecule has 1 fully saturated rings. The van der Waals surface area contributed by atoms with Gasteiger partial charge in [0, 0.05) is 13.1 Å². The van der Waals surface area contributed by atoms with Crippen LogP contribution in [0.2, 0.25) is 5.15 Å². The van der Waals surface area contributed by atoms with Crippen molar-refractivity contribution >= 4 is 23.3 Å².